The molecule has 2 heterocycles. The lowest BCUT2D eigenvalue weighted by molar-refractivity contribution is 0.339. The molecule has 2 unspecified atom stereocenters. The van der Waals surface area contributed by atoms with Crippen molar-refractivity contribution in [3.63, 3.8) is 0 Å². The normalized spacial score (nSPS) is 23.2. The highest BCUT2D eigenvalue weighted by Gasteiger charge is 2.20. The van der Waals surface area contributed by atoms with Crippen LogP contribution in [0.15, 0.2) is 4.52 Å². The van der Waals surface area contributed by atoms with Gasteiger partial charge in [0.2, 0.25) is 5.89 Å². The number of rotatable bonds is 2. The van der Waals surface area contributed by atoms with E-state index in [0.29, 0.717) is 5.89 Å². The predicted molar refractivity (Wildman–Crippen MR) is 58.7 cm³/mol. The molecule has 0 bridgehead atoms. The molecule has 1 fully saturated rings. The molecule has 0 aliphatic carbocycles. The molecule has 0 aromatic carbocycles. The van der Waals surface area contributed by atoms with Crippen LogP contribution in [-0.4, -0.2) is 16.7 Å². The first-order chi connectivity index (χ1) is 6.77. The van der Waals surface area contributed by atoms with Gasteiger partial charge < -0.3 is 15.6 Å². The number of nitrogens with two attached hydrogens (primary N) is 1. The summed E-state index contributed by atoms with van der Waals surface area (Å²) in [6.45, 7) is 2.87. The van der Waals surface area contributed by atoms with Crippen molar-refractivity contribution < 1.29 is 4.52 Å². The van der Waals surface area contributed by atoms with Crippen molar-refractivity contribution in [2.75, 3.05) is 6.54 Å². The smallest absolute Gasteiger partial charge is 0.243 e. The van der Waals surface area contributed by atoms with Crippen LogP contribution in [0.5, 0.6) is 0 Å². The fourth-order valence-electron chi connectivity index (χ4n) is 1.65. The van der Waals surface area contributed by atoms with Gasteiger partial charge in [0.1, 0.15) is 0 Å². The molecule has 1 aromatic rings. The second-order valence-corrected chi connectivity index (χ2v) is 3.78. The van der Waals surface area contributed by atoms with Gasteiger partial charge in [-0.3, -0.25) is 0 Å². The molecule has 15 heavy (non-hydrogen) atoms. The molecular formula is C9H17ClN4O. The summed E-state index contributed by atoms with van der Waals surface area (Å²) in [5, 5.41) is 7.29. The first-order valence-electron chi connectivity index (χ1n) is 5.10. The Kier molecular flexibility index (Phi) is 4.50. The number of piperidine rings is 1. The standard InChI is InChI=1S/C9H16N4O.ClH/c1-6(10)9-12-8(13-14-9)7-4-2-3-5-11-7;/h6-7,11H,2-5,10H2,1H3;1H. The van der Waals surface area contributed by atoms with Crippen LogP contribution in [0.1, 0.15) is 50.0 Å². The van der Waals surface area contributed by atoms with Crippen molar-refractivity contribution in [2.45, 2.75) is 38.3 Å². The molecule has 6 heteroatoms. The predicted octanol–water partition coefficient (Wildman–Crippen LogP) is 1.33. The van der Waals surface area contributed by atoms with Crippen LogP contribution in [0.4, 0.5) is 0 Å². The Morgan fingerprint density at radius 2 is 2.33 bits per heavy atom. The third-order valence-corrected chi connectivity index (χ3v) is 2.47. The summed E-state index contributed by atoms with van der Waals surface area (Å²) < 4.78 is 5.05. The SMILES string of the molecule is CC(N)c1nc(C2CCCCN2)no1.Cl. The summed E-state index contributed by atoms with van der Waals surface area (Å²) in [7, 11) is 0. The maximum Gasteiger partial charge on any atom is 0.243 e. The van der Waals surface area contributed by atoms with Gasteiger partial charge in [-0.2, -0.15) is 4.98 Å². The summed E-state index contributed by atoms with van der Waals surface area (Å²) in [6.07, 6.45) is 3.53. The highest BCUT2D eigenvalue weighted by Crippen LogP contribution is 2.21. The summed E-state index contributed by atoms with van der Waals surface area (Å²) in [5.74, 6) is 1.27. The number of halogens is 1. The molecule has 0 radical (unpaired) electrons. The van der Waals surface area contributed by atoms with E-state index in [2.05, 4.69) is 15.5 Å². The minimum absolute atomic E-state index is 0. The van der Waals surface area contributed by atoms with Gasteiger partial charge >= 0.3 is 0 Å². The van der Waals surface area contributed by atoms with E-state index in [1.807, 2.05) is 6.92 Å². The molecule has 5 nitrogen and oxygen atoms in total. The minimum Gasteiger partial charge on any atom is -0.338 e. The molecular weight excluding hydrogens is 216 g/mol. The number of hydrogen-bond acceptors (Lipinski definition) is 5. The number of nitrogens with zero attached hydrogens (tertiary/aromatic N) is 2. The van der Waals surface area contributed by atoms with E-state index in [4.69, 9.17) is 10.3 Å². The highest BCUT2D eigenvalue weighted by atomic mass is 35.5. The molecule has 0 amide bonds. The van der Waals surface area contributed by atoms with Crippen molar-refractivity contribution in [1.82, 2.24) is 15.5 Å². The van der Waals surface area contributed by atoms with Crippen LogP contribution in [0, 0.1) is 0 Å². The average Bonchev–Trinajstić information content (AvgIpc) is 2.68. The fraction of sp³-hybridized carbons (Fsp3) is 0.778. The van der Waals surface area contributed by atoms with Gasteiger partial charge in [0.25, 0.3) is 0 Å². The van der Waals surface area contributed by atoms with Crippen LogP contribution < -0.4 is 11.1 Å². The molecule has 0 saturated carbocycles. The van der Waals surface area contributed by atoms with Crippen molar-refractivity contribution >= 4 is 12.4 Å². The molecule has 2 rings (SSSR count). The van der Waals surface area contributed by atoms with E-state index in [9.17, 15) is 0 Å². The van der Waals surface area contributed by atoms with Gasteiger partial charge in [0, 0.05) is 0 Å². The van der Waals surface area contributed by atoms with E-state index in [0.717, 1.165) is 18.8 Å². The summed E-state index contributed by atoms with van der Waals surface area (Å²) in [6, 6.07) is 0.0693. The zero-order chi connectivity index (χ0) is 9.97. The number of nitrogens with one attached hydrogen (secondary N) is 1. The second-order valence-electron chi connectivity index (χ2n) is 3.78. The maximum absolute atomic E-state index is 5.64. The lowest BCUT2D eigenvalue weighted by atomic mass is 10.0. The molecule has 1 aliphatic rings. The molecule has 3 N–H and O–H groups in total. The van der Waals surface area contributed by atoms with Crippen LogP contribution in [0.25, 0.3) is 0 Å². The largest absolute Gasteiger partial charge is 0.338 e. The third-order valence-electron chi connectivity index (χ3n) is 2.47. The van der Waals surface area contributed by atoms with Crippen molar-refractivity contribution in [3.8, 4) is 0 Å². The summed E-state index contributed by atoms with van der Waals surface area (Å²) >= 11 is 0. The quantitative estimate of drug-likeness (QED) is 0.805. The molecule has 1 aromatic heterocycles. The Morgan fingerprint density at radius 3 is 2.87 bits per heavy atom. The molecule has 2 atom stereocenters. The Bertz CT molecular complexity index is 296. The fourth-order valence-corrected chi connectivity index (χ4v) is 1.65. The van der Waals surface area contributed by atoms with Gasteiger partial charge in [-0.05, 0) is 26.3 Å². The van der Waals surface area contributed by atoms with E-state index in [1.165, 1.54) is 12.8 Å². The topological polar surface area (TPSA) is 77.0 Å². The van der Waals surface area contributed by atoms with Crippen LogP contribution in [0.3, 0.4) is 0 Å². The average molecular weight is 233 g/mol. The maximum atomic E-state index is 5.64. The Morgan fingerprint density at radius 1 is 1.53 bits per heavy atom. The number of hydrogen-bond donors (Lipinski definition) is 2. The van der Waals surface area contributed by atoms with Gasteiger partial charge in [-0.15, -0.1) is 12.4 Å². The highest BCUT2D eigenvalue weighted by molar-refractivity contribution is 5.85. The van der Waals surface area contributed by atoms with Gasteiger partial charge in [0.05, 0.1) is 12.1 Å². The summed E-state index contributed by atoms with van der Waals surface area (Å²) in [4.78, 5) is 4.27. The molecule has 86 valence electrons. The number of aromatic nitrogens is 2. The van der Waals surface area contributed by atoms with E-state index < -0.39 is 0 Å². The minimum atomic E-state index is -0.181. The zero-order valence-corrected chi connectivity index (χ0v) is 9.59. The lowest BCUT2D eigenvalue weighted by Gasteiger charge is -2.19. The van der Waals surface area contributed by atoms with Gasteiger partial charge in [0.15, 0.2) is 5.82 Å². The van der Waals surface area contributed by atoms with Crippen molar-refractivity contribution in [1.29, 1.82) is 0 Å². The van der Waals surface area contributed by atoms with Gasteiger partial charge in [-0.1, -0.05) is 11.6 Å². The monoisotopic (exact) mass is 232 g/mol. The van der Waals surface area contributed by atoms with Crippen LogP contribution in [0.2, 0.25) is 0 Å². The molecule has 1 aliphatic heterocycles. The van der Waals surface area contributed by atoms with E-state index in [1.54, 1.807) is 0 Å². The van der Waals surface area contributed by atoms with E-state index >= 15 is 0 Å². The Hall–Kier alpha value is -0.650. The van der Waals surface area contributed by atoms with Crippen molar-refractivity contribution in [2.24, 2.45) is 5.73 Å². The Balaban J connectivity index is 0.00000112. The van der Waals surface area contributed by atoms with Crippen LogP contribution >= 0.6 is 12.4 Å². The molecule has 1 saturated heterocycles. The summed E-state index contributed by atoms with van der Waals surface area (Å²) in [5.41, 5.74) is 5.64. The third kappa shape index (κ3) is 2.90. The molecule has 0 spiro atoms. The van der Waals surface area contributed by atoms with Gasteiger partial charge in [-0.25, -0.2) is 0 Å². The first-order valence-corrected chi connectivity index (χ1v) is 5.10. The van der Waals surface area contributed by atoms with Crippen molar-refractivity contribution in [3.05, 3.63) is 11.7 Å². The Labute approximate surface area is 95.2 Å². The lowest BCUT2D eigenvalue weighted by Crippen LogP contribution is -2.27. The second kappa shape index (κ2) is 5.44. The zero-order valence-electron chi connectivity index (χ0n) is 8.77. The van der Waals surface area contributed by atoms with E-state index in [-0.39, 0.29) is 24.5 Å². The first kappa shape index (κ1) is 12.4. The van der Waals surface area contributed by atoms with Crippen LogP contribution in [-0.2, 0) is 0 Å².